The van der Waals surface area contributed by atoms with Crippen LogP contribution in [0.3, 0.4) is 0 Å². The summed E-state index contributed by atoms with van der Waals surface area (Å²) in [5, 5.41) is 13.7. The number of nitrogens with two attached hydrogens (primary N) is 1. The van der Waals surface area contributed by atoms with Crippen LogP contribution in [0.15, 0.2) is 64.6 Å². The Morgan fingerprint density at radius 2 is 2.00 bits per heavy atom. The van der Waals surface area contributed by atoms with Crippen LogP contribution in [0, 0.1) is 0 Å². The highest BCUT2D eigenvalue weighted by Gasteiger charge is 2.14. The van der Waals surface area contributed by atoms with Gasteiger partial charge in [-0.05, 0) is 36.3 Å². The van der Waals surface area contributed by atoms with E-state index in [-0.39, 0.29) is 11.3 Å². The molecule has 0 saturated carbocycles. The van der Waals surface area contributed by atoms with Crippen molar-refractivity contribution < 1.29 is 9.90 Å². The zero-order valence-electron chi connectivity index (χ0n) is 13.2. The molecule has 1 amide bonds. The lowest BCUT2D eigenvalue weighted by atomic mass is 10.2. The van der Waals surface area contributed by atoms with Crippen molar-refractivity contribution in [3.8, 4) is 0 Å². The predicted octanol–water partition coefficient (Wildman–Crippen LogP) is 1.82. The van der Waals surface area contributed by atoms with E-state index in [9.17, 15) is 9.90 Å². The normalized spacial score (nSPS) is 14.6. The van der Waals surface area contributed by atoms with E-state index < -0.39 is 5.91 Å². The monoisotopic (exact) mass is 312 g/mol. The van der Waals surface area contributed by atoms with Crippen molar-refractivity contribution in [3.63, 3.8) is 0 Å². The van der Waals surface area contributed by atoms with Gasteiger partial charge in [0.2, 0.25) is 0 Å². The first-order chi connectivity index (χ1) is 11.0. The number of hydrogen-bond donors (Lipinski definition) is 3. The minimum Gasteiger partial charge on any atom is -0.507 e. The number of carbonyl (C=O) groups excluding carboxylic acids is 1. The number of amides is 1. The van der Waals surface area contributed by atoms with E-state index >= 15 is 0 Å². The van der Waals surface area contributed by atoms with Gasteiger partial charge in [0.15, 0.2) is 0 Å². The molecule has 6 nitrogen and oxygen atoms in total. The maximum Gasteiger partial charge on any atom is 0.275 e. The summed E-state index contributed by atoms with van der Waals surface area (Å²) in [6.07, 6.45) is 6.68. The van der Waals surface area contributed by atoms with Crippen LogP contribution in [0.25, 0.3) is 0 Å². The summed E-state index contributed by atoms with van der Waals surface area (Å²) in [6, 6.07) is 7.70. The van der Waals surface area contributed by atoms with Gasteiger partial charge in [-0.15, -0.1) is 0 Å². The van der Waals surface area contributed by atoms with Gasteiger partial charge in [0.25, 0.3) is 5.91 Å². The van der Waals surface area contributed by atoms with Crippen molar-refractivity contribution in [2.75, 3.05) is 19.0 Å². The van der Waals surface area contributed by atoms with E-state index in [4.69, 9.17) is 5.73 Å². The SMILES string of the molecule is CN(C)c1ccc(/C=N\NC(=O)C2=CC(N)=CCC=C2O)cc1. The second-order valence-electron chi connectivity index (χ2n) is 5.27. The van der Waals surface area contributed by atoms with E-state index in [1.165, 1.54) is 18.4 Å². The predicted molar refractivity (Wildman–Crippen MR) is 92.2 cm³/mol. The van der Waals surface area contributed by atoms with Gasteiger partial charge < -0.3 is 15.7 Å². The molecule has 0 atom stereocenters. The molecule has 1 aromatic carbocycles. The number of aliphatic hydroxyl groups is 1. The lowest BCUT2D eigenvalue weighted by Crippen LogP contribution is -2.21. The van der Waals surface area contributed by atoms with Crippen LogP contribution in [-0.4, -0.2) is 31.3 Å². The molecule has 2 rings (SSSR count). The maximum absolute atomic E-state index is 12.1. The van der Waals surface area contributed by atoms with Crippen LogP contribution in [0.5, 0.6) is 0 Å². The summed E-state index contributed by atoms with van der Waals surface area (Å²) in [5.41, 5.74) is 10.5. The average Bonchev–Trinajstić information content (AvgIpc) is 2.69. The molecule has 4 N–H and O–H groups in total. The first-order valence-electron chi connectivity index (χ1n) is 7.15. The molecule has 0 radical (unpaired) electrons. The third-order valence-corrected chi connectivity index (χ3v) is 3.29. The Hall–Kier alpha value is -3.02. The molecule has 0 unspecified atom stereocenters. The van der Waals surface area contributed by atoms with Crippen LogP contribution < -0.4 is 16.1 Å². The molecule has 23 heavy (non-hydrogen) atoms. The number of anilines is 1. The molecule has 0 aromatic heterocycles. The number of benzene rings is 1. The van der Waals surface area contributed by atoms with E-state index in [0.29, 0.717) is 12.1 Å². The van der Waals surface area contributed by atoms with Crippen LogP contribution in [-0.2, 0) is 4.79 Å². The fourth-order valence-corrected chi connectivity index (χ4v) is 1.98. The molecule has 0 fully saturated rings. The van der Waals surface area contributed by atoms with E-state index in [1.807, 2.05) is 43.3 Å². The molecular formula is C17H20N4O2. The molecule has 1 aromatic rings. The second-order valence-corrected chi connectivity index (χ2v) is 5.27. The number of carbonyl (C=O) groups is 1. The van der Waals surface area contributed by atoms with Crippen molar-refractivity contribution in [2.24, 2.45) is 10.8 Å². The summed E-state index contributed by atoms with van der Waals surface area (Å²) >= 11 is 0. The van der Waals surface area contributed by atoms with E-state index in [1.54, 1.807) is 6.08 Å². The Bertz CT molecular complexity index is 698. The number of allylic oxidation sites excluding steroid dienone is 3. The third-order valence-electron chi connectivity index (χ3n) is 3.29. The summed E-state index contributed by atoms with van der Waals surface area (Å²) in [5.74, 6) is -0.622. The highest BCUT2D eigenvalue weighted by molar-refractivity contribution is 5.98. The lowest BCUT2D eigenvalue weighted by molar-refractivity contribution is -0.117. The average molecular weight is 312 g/mol. The molecule has 0 spiro atoms. The fraction of sp³-hybridized carbons (Fsp3) is 0.176. The van der Waals surface area contributed by atoms with Crippen LogP contribution in [0.1, 0.15) is 12.0 Å². The number of nitrogens with zero attached hydrogens (tertiary/aromatic N) is 2. The molecule has 120 valence electrons. The Balaban J connectivity index is 2.02. The van der Waals surface area contributed by atoms with Gasteiger partial charge in [0, 0.05) is 25.5 Å². The number of rotatable bonds is 4. The standard InChI is InChI=1S/C17H20N4O2/c1-21(2)14-8-6-12(7-9-14)11-19-20-17(23)15-10-13(18)4-3-5-16(15)22/h4-11,22H,3,18H2,1-2H3,(H,20,23)/b19-11-. The van der Waals surface area contributed by atoms with Gasteiger partial charge in [0.05, 0.1) is 11.8 Å². The second kappa shape index (κ2) is 7.31. The van der Waals surface area contributed by atoms with E-state index in [2.05, 4.69) is 10.5 Å². The van der Waals surface area contributed by atoms with Crippen molar-refractivity contribution >= 4 is 17.8 Å². The molecule has 0 heterocycles. The van der Waals surface area contributed by atoms with Crippen molar-refractivity contribution in [2.45, 2.75) is 6.42 Å². The number of aliphatic hydroxyl groups excluding tert-OH is 1. The molecular weight excluding hydrogens is 292 g/mol. The summed E-state index contributed by atoms with van der Waals surface area (Å²) in [6.45, 7) is 0. The summed E-state index contributed by atoms with van der Waals surface area (Å²) < 4.78 is 0. The lowest BCUT2D eigenvalue weighted by Gasteiger charge is -2.11. The molecule has 1 aliphatic rings. The highest BCUT2D eigenvalue weighted by atomic mass is 16.3. The topological polar surface area (TPSA) is 91.0 Å². The first-order valence-corrected chi connectivity index (χ1v) is 7.15. The minimum atomic E-state index is -0.516. The Labute approximate surface area is 135 Å². The fourth-order valence-electron chi connectivity index (χ4n) is 1.98. The smallest absolute Gasteiger partial charge is 0.275 e. The number of hydrogen-bond acceptors (Lipinski definition) is 5. The van der Waals surface area contributed by atoms with Gasteiger partial charge in [-0.2, -0.15) is 5.10 Å². The minimum absolute atomic E-state index is 0.0938. The molecule has 0 bridgehead atoms. The van der Waals surface area contributed by atoms with Gasteiger partial charge in [-0.25, -0.2) is 5.43 Å². The first kappa shape index (κ1) is 16.4. The summed E-state index contributed by atoms with van der Waals surface area (Å²) in [7, 11) is 3.92. The van der Waals surface area contributed by atoms with Crippen molar-refractivity contribution in [1.29, 1.82) is 0 Å². The number of nitrogens with one attached hydrogen (secondary N) is 1. The Morgan fingerprint density at radius 1 is 1.30 bits per heavy atom. The molecule has 0 saturated heterocycles. The molecule has 6 heteroatoms. The largest absolute Gasteiger partial charge is 0.507 e. The van der Waals surface area contributed by atoms with Crippen molar-refractivity contribution in [3.05, 3.63) is 65.1 Å². The molecule has 1 aliphatic carbocycles. The van der Waals surface area contributed by atoms with Crippen LogP contribution in [0.4, 0.5) is 5.69 Å². The van der Waals surface area contributed by atoms with Crippen molar-refractivity contribution in [1.82, 2.24) is 5.43 Å². The highest BCUT2D eigenvalue weighted by Crippen LogP contribution is 2.14. The quantitative estimate of drug-likeness (QED) is 0.584. The van der Waals surface area contributed by atoms with Gasteiger partial charge in [-0.3, -0.25) is 4.79 Å². The zero-order chi connectivity index (χ0) is 16.8. The van der Waals surface area contributed by atoms with Gasteiger partial charge in [0.1, 0.15) is 5.76 Å². The maximum atomic E-state index is 12.1. The van der Waals surface area contributed by atoms with Crippen LogP contribution >= 0.6 is 0 Å². The third kappa shape index (κ3) is 4.47. The Morgan fingerprint density at radius 3 is 2.65 bits per heavy atom. The molecule has 0 aliphatic heterocycles. The number of hydrazone groups is 1. The van der Waals surface area contributed by atoms with Gasteiger partial charge >= 0.3 is 0 Å². The summed E-state index contributed by atoms with van der Waals surface area (Å²) in [4.78, 5) is 14.1. The zero-order valence-corrected chi connectivity index (χ0v) is 13.2. The van der Waals surface area contributed by atoms with Crippen LogP contribution in [0.2, 0.25) is 0 Å². The van der Waals surface area contributed by atoms with Gasteiger partial charge in [-0.1, -0.05) is 18.2 Å². The Kier molecular flexibility index (Phi) is 5.19. The van der Waals surface area contributed by atoms with E-state index in [0.717, 1.165) is 11.3 Å².